The maximum absolute atomic E-state index is 13.9. The van der Waals surface area contributed by atoms with Gasteiger partial charge in [0, 0.05) is 32.2 Å². The van der Waals surface area contributed by atoms with Crippen molar-refractivity contribution in [1.82, 2.24) is 10.2 Å². The minimum atomic E-state index is -1.13. The Balaban J connectivity index is 1.81. The van der Waals surface area contributed by atoms with Crippen molar-refractivity contribution < 1.29 is 33.4 Å². The Morgan fingerprint density at radius 3 is 2.20 bits per heavy atom. The maximum Gasteiger partial charge on any atom is 0.329 e. The molecule has 0 aromatic heterocycles. The summed E-state index contributed by atoms with van der Waals surface area (Å²) in [6.45, 7) is 9.72. The van der Waals surface area contributed by atoms with E-state index in [-0.39, 0.29) is 18.1 Å². The lowest BCUT2D eigenvalue weighted by Gasteiger charge is -2.32. The Labute approximate surface area is 244 Å². The summed E-state index contributed by atoms with van der Waals surface area (Å²) in [5, 5.41) is 3.03. The average Bonchev–Trinajstić information content (AvgIpc) is 3.78. The first-order valence-corrected chi connectivity index (χ1v) is 14.8. The van der Waals surface area contributed by atoms with Crippen molar-refractivity contribution in [3.05, 3.63) is 29.8 Å². The number of hydrogen-bond donors (Lipinski definition) is 1. The number of nitrogens with one attached hydrogen (secondary N) is 1. The number of rotatable bonds is 15. The fraction of sp³-hybridized carbons (Fsp3) is 0.677. The number of nitrogens with zero attached hydrogens (tertiary/aromatic N) is 2. The summed E-state index contributed by atoms with van der Waals surface area (Å²) in [5.74, 6) is -1.36. The van der Waals surface area contributed by atoms with Crippen LogP contribution in [0.3, 0.4) is 0 Å². The normalized spacial score (nSPS) is 18.3. The first-order valence-electron chi connectivity index (χ1n) is 14.8. The molecule has 0 unspecified atom stereocenters. The summed E-state index contributed by atoms with van der Waals surface area (Å²) < 4.78 is 16.7. The average molecular weight is 574 g/mol. The second kappa shape index (κ2) is 15.3. The van der Waals surface area contributed by atoms with Gasteiger partial charge in [0.05, 0.1) is 13.2 Å². The molecule has 3 rings (SSSR count). The van der Waals surface area contributed by atoms with Crippen LogP contribution in [0.2, 0.25) is 0 Å². The Bertz CT molecular complexity index is 1030. The summed E-state index contributed by atoms with van der Waals surface area (Å²) in [6.07, 6.45) is 1.27. The van der Waals surface area contributed by atoms with Gasteiger partial charge in [0.15, 0.2) is 18.0 Å². The topological polar surface area (TPSA) is 114 Å². The van der Waals surface area contributed by atoms with Crippen molar-refractivity contribution in [2.24, 2.45) is 11.8 Å². The van der Waals surface area contributed by atoms with Gasteiger partial charge in [-0.05, 0) is 63.3 Å². The number of hydrogen-bond acceptors (Lipinski definition) is 9. The summed E-state index contributed by atoms with van der Waals surface area (Å²) in [4.78, 5) is 55.5. The van der Waals surface area contributed by atoms with Crippen molar-refractivity contribution in [3.8, 4) is 0 Å². The van der Waals surface area contributed by atoms with Crippen LogP contribution in [0, 0.1) is 11.8 Å². The molecule has 10 nitrogen and oxygen atoms in total. The molecule has 228 valence electrons. The monoisotopic (exact) mass is 573 g/mol. The number of amides is 1. The Kier molecular flexibility index (Phi) is 12.1. The highest BCUT2D eigenvalue weighted by Crippen LogP contribution is 2.33. The highest BCUT2D eigenvalue weighted by molar-refractivity contribution is 5.90. The third-order valence-corrected chi connectivity index (χ3v) is 7.81. The zero-order valence-electron chi connectivity index (χ0n) is 25.4. The minimum Gasteiger partial charge on any atom is -0.453 e. The van der Waals surface area contributed by atoms with E-state index in [4.69, 9.17) is 14.2 Å². The number of ketones is 1. The van der Waals surface area contributed by atoms with Gasteiger partial charge in [0.1, 0.15) is 12.1 Å². The van der Waals surface area contributed by atoms with Crippen molar-refractivity contribution in [2.75, 3.05) is 45.3 Å². The van der Waals surface area contributed by atoms with Crippen LogP contribution in [0.5, 0.6) is 0 Å². The number of ether oxygens (including phenoxy) is 3. The van der Waals surface area contributed by atoms with Gasteiger partial charge >= 0.3 is 11.9 Å². The largest absolute Gasteiger partial charge is 0.453 e. The molecule has 1 aliphatic heterocycles. The van der Waals surface area contributed by atoms with E-state index in [1.165, 1.54) is 25.8 Å². The van der Waals surface area contributed by atoms with Crippen LogP contribution in [0.15, 0.2) is 24.3 Å². The molecule has 1 saturated heterocycles. The second-order valence-electron chi connectivity index (χ2n) is 11.7. The van der Waals surface area contributed by atoms with Crippen molar-refractivity contribution in [2.45, 2.75) is 84.1 Å². The van der Waals surface area contributed by atoms with Crippen molar-refractivity contribution in [3.63, 3.8) is 0 Å². The zero-order valence-corrected chi connectivity index (χ0v) is 25.4. The first kappa shape index (κ1) is 32.5. The molecule has 2 fully saturated rings. The van der Waals surface area contributed by atoms with Crippen LogP contribution in [-0.4, -0.2) is 93.2 Å². The SMILES string of the molecule is CN[C@@H](CC1CC1)C(=O)O[C@H](Cc1ccc(N2CCOCC2)cc1)C(=O)N(C)[C@@H](CC(C)C)C(=O)O[C@H](C)C(C)=O. The van der Waals surface area contributed by atoms with E-state index in [0.29, 0.717) is 32.0 Å². The number of esters is 2. The van der Waals surface area contributed by atoms with Gasteiger partial charge < -0.3 is 29.3 Å². The van der Waals surface area contributed by atoms with E-state index in [1.807, 2.05) is 38.1 Å². The molecular formula is C31H47N3O7. The zero-order chi connectivity index (χ0) is 30.1. The minimum absolute atomic E-state index is 0.0661. The van der Waals surface area contributed by atoms with E-state index in [9.17, 15) is 19.2 Å². The van der Waals surface area contributed by atoms with E-state index in [0.717, 1.165) is 37.2 Å². The van der Waals surface area contributed by atoms with Crippen molar-refractivity contribution in [1.29, 1.82) is 0 Å². The van der Waals surface area contributed by atoms with Crippen LogP contribution in [0.25, 0.3) is 0 Å². The van der Waals surface area contributed by atoms with Gasteiger partial charge in [-0.2, -0.15) is 0 Å². The first-order chi connectivity index (χ1) is 19.5. The number of morpholine rings is 1. The van der Waals surface area contributed by atoms with Gasteiger partial charge in [-0.3, -0.25) is 14.4 Å². The fourth-order valence-corrected chi connectivity index (χ4v) is 4.87. The smallest absolute Gasteiger partial charge is 0.329 e. The Morgan fingerprint density at radius 2 is 1.66 bits per heavy atom. The molecule has 41 heavy (non-hydrogen) atoms. The highest BCUT2D eigenvalue weighted by Gasteiger charge is 2.37. The van der Waals surface area contributed by atoms with Gasteiger partial charge in [-0.1, -0.05) is 38.8 Å². The molecule has 4 atom stereocenters. The predicted octanol–water partition coefficient (Wildman–Crippen LogP) is 2.76. The molecule has 1 amide bonds. The summed E-state index contributed by atoms with van der Waals surface area (Å²) in [5.41, 5.74) is 1.89. The fourth-order valence-electron chi connectivity index (χ4n) is 4.87. The second-order valence-corrected chi connectivity index (χ2v) is 11.7. The number of likely N-dealkylation sites (N-methyl/N-ethyl adjacent to an activating group) is 2. The van der Waals surface area contributed by atoms with Crippen LogP contribution in [0.1, 0.15) is 58.9 Å². The van der Waals surface area contributed by atoms with Gasteiger partial charge in [0.2, 0.25) is 0 Å². The molecule has 1 aliphatic carbocycles. The van der Waals surface area contributed by atoms with Crippen LogP contribution < -0.4 is 10.2 Å². The molecule has 1 saturated carbocycles. The maximum atomic E-state index is 13.9. The molecule has 0 bridgehead atoms. The lowest BCUT2D eigenvalue weighted by atomic mass is 10.0. The molecule has 0 spiro atoms. The number of anilines is 1. The third kappa shape index (κ3) is 9.81. The van der Waals surface area contributed by atoms with E-state index in [1.54, 1.807) is 7.05 Å². The summed E-state index contributed by atoms with van der Waals surface area (Å²) in [7, 11) is 3.24. The van der Waals surface area contributed by atoms with Crippen molar-refractivity contribution >= 4 is 29.3 Å². The molecule has 0 radical (unpaired) electrons. The van der Waals surface area contributed by atoms with E-state index in [2.05, 4.69) is 10.2 Å². The molecule has 1 N–H and O–H groups in total. The van der Waals surface area contributed by atoms with Crippen LogP contribution in [0.4, 0.5) is 5.69 Å². The molecular weight excluding hydrogens is 526 g/mol. The number of benzene rings is 1. The molecule has 10 heteroatoms. The third-order valence-electron chi connectivity index (χ3n) is 7.81. The van der Waals surface area contributed by atoms with Gasteiger partial charge in [0.25, 0.3) is 5.91 Å². The number of Topliss-reactive ketones (excluding diaryl/α,β-unsaturated/α-hetero) is 1. The number of carbonyl (C=O) groups excluding carboxylic acids is 4. The summed E-state index contributed by atoms with van der Waals surface area (Å²) in [6, 6.07) is 6.43. The highest BCUT2D eigenvalue weighted by atomic mass is 16.6. The van der Waals surface area contributed by atoms with Gasteiger partial charge in [-0.15, -0.1) is 0 Å². The van der Waals surface area contributed by atoms with Crippen LogP contribution >= 0.6 is 0 Å². The van der Waals surface area contributed by atoms with E-state index >= 15 is 0 Å². The quantitative estimate of drug-likeness (QED) is 0.316. The van der Waals surface area contributed by atoms with Crippen LogP contribution in [-0.2, 0) is 39.8 Å². The lowest BCUT2D eigenvalue weighted by molar-refractivity contribution is -0.168. The molecule has 1 heterocycles. The number of carbonyl (C=O) groups is 4. The Morgan fingerprint density at radius 1 is 1.02 bits per heavy atom. The Hall–Kier alpha value is -2.98. The summed E-state index contributed by atoms with van der Waals surface area (Å²) >= 11 is 0. The lowest BCUT2D eigenvalue weighted by Crippen LogP contribution is -2.51. The molecule has 1 aromatic carbocycles. The van der Waals surface area contributed by atoms with Gasteiger partial charge in [-0.25, -0.2) is 4.79 Å². The van der Waals surface area contributed by atoms with E-state index < -0.39 is 42.1 Å². The predicted molar refractivity (Wildman–Crippen MR) is 155 cm³/mol. The molecule has 2 aliphatic rings. The molecule has 1 aromatic rings. The standard InChI is InChI=1S/C31H47N3O7/c1-20(2)17-27(31(38)40-22(4)21(3)35)33(6)29(36)28(41-30(37)26(32-5)18-23-7-8-23)19-24-9-11-25(12-10-24)34-13-15-39-16-14-34/h9-12,20,22-23,26-28,32H,7-8,13-19H2,1-6H3/t22-,26+,27+,28-/m1/s1.